The number of nitrogens with two attached hydrogens (primary N) is 1. The Hall–Kier alpha value is -1.50. The normalized spacial score (nSPS) is 11.4. The van der Waals surface area contributed by atoms with Crippen molar-refractivity contribution < 1.29 is 13.2 Å². The van der Waals surface area contributed by atoms with E-state index in [9.17, 15) is 13.2 Å². The summed E-state index contributed by atoms with van der Waals surface area (Å²) in [4.78, 5) is 12.1. The number of carbonyl (C=O) groups is 1. The molecule has 0 atom stereocenters. The number of primary sulfonamides is 1. The first-order chi connectivity index (χ1) is 8.48. The summed E-state index contributed by atoms with van der Waals surface area (Å²) in [6, 6.07) is 10.5. The quantitative estimate of drug-likeness (QED) is 0.868. The Kier molecular flexibility index (Phi) is 3.60. The van der Waals surface area contributed by atoms with Gasteiger partial charge in [-0.25, -0.2) is 13.6 Å². The molecule has 6 heteroatoms. The minimum absolute atomic E-state index is 0.0894. The highest BCUT2D eigenvalue weighted by atomic mass is 32.2. The average molecular weight is 281 g/mol. The van der Waals surface area contributed by atoms with Gasteiger partial charge in [0.1, 0.15) is 4.90 Å². The molecule has 94 valence electrons. The number of benzene rings is 1. The smallest absolute Gasteiger partial charge is 0.239 e. The van der Waals surface area contributed by atoms with E-state index in [0.717, 1.165) is 16.9 Å². The SMILES string of the molecule is NS(=O)(=O)c1ccsc1C(=O)Cc1ccccc1. The Balaban J connectivity index is 2.28. The van der Waals surface area contributed by atoms with E-state index < -0.39 is 10.0 Å². The third-order valence-corrected chi connectivity index (χ3v) is 4.43. The molecule has 0 aliphatic heterocycles. The molecule has 0 fully saturated rings. The van der Waals surface area contributed by atoms with E-state index >= 15 is 0 Å². The fourth-order valence-corrected chi connectivity index (χ4v) is 3.52. The van der Waals surface area contributed by atoms with Crippen LogP contribution in [0.15, 0.2) is 46.7 Å². The molecule has 2 aromatic rings. The molecule has 2 rings (SSSR count). The van der Waals surface area contributed by atoms with Crippen molar-refractivity contribution in [3.63, 3.8) is 0 Å². The lowest BCUT2D eigenvalue weighted by Gasteiger charge is -2.01. The van der Waals surface area contributed by atoms with Gasteiger partial charge in [0, 0.05) is 6.42 Å². The van der Waals surface area contributed by atoms with E-state index in [1.807, 2.05) is 30.3 Å². The molecule has 0 aliphatic carbocycles. The molecule has 0 saturated carbocycles. The Morgan fingerprint density at radius 3 is 2.44 bits per heavy atom. The lowest BCUT2D eigenvalue weighted by atomic mass is 10.1. The summed E-state index contributed by atoms with van der Waals surface area (Å²) in [5.41, 5.74) is 0.844. The molecule has 0 radical (unpaired) electrons. The molecule has 0 amide bonds. The lowest BCUT2D eigenvalue weighted by molar-refractivity contribution is 0.0994. The van der Waals surface area contributed by atoms with Crippen molar-refractivity contribution in [1.82, 2.24) is 0 Å². The van der Waals surface area contributed by atoms with Crippen LogP contribution in [0.25, 0.3) is 0 Å². The number of hydrogen-bond acceptors (Lipinski definition) is 4. The molecule has 0 saturated heterocycles. The van der Waals surface area contributed by atoms with E-state index in [1.165, 1.54) is 6.07 Å². The number of rotatable bonds is 4. The van der Waals surface area contributed by atoms with E-state index in [2.05, 4.69) is 0 Å². The standard InChI is InChI=1S/C12H11NO3S2/c13-18(15,16)11-6-7-17-12(11)10(14)8-9-4-2-1-3-5-9/h1-7H,8H2,(H2,13,15,16). The summed E-state index contributed by atoms with van der Waals surface area (Å²) in [7, 11) is -3.84. The summed E-state index contributed by atoms with van der Waals surface area (Å²) < 4.78 is 22.6. The Labute approximate surface area is 109 Å². The summed E-state index contributed by atoms with van der Waals surface area (Å²) in [5.74, 6) is -0.236. The second-order valence-electron chi connectivity index (χ2n) is 3.74. The molecule has 1 aromatic heterocycles. The zero-order valence-corrected chi connectivity index (χ0v) is 11.0. The van der Waals surface area contributed by atoms with Gasteiger partial charge in [-0.05, 0) is 17.0 Å². The van der Waals surface area contributed by atoms with E-state index in [-0.39, 0.29) is 22.0 Å². The molecule has 2 N–H and O–H groups in total. The van der Waals surface area contributed by atoms with Crippen LogP contribution in [0.5, 0.6) is 0 Å². The molecule has 0 aliphatic rings. The molecule has 4 nitrogen and oxygen atoms in total. The number of sulfonamides is 1. The topological polar surface area (TPSA) is 77.2 Å². The van der Waals surface area contributed by atoms with Crippen LogP contribution >= 0.6 is 11.3 Å². The van der Waals surface area contributed by atoms with Crippen LogP contribution in [0.4, 0.5) is 0 Å². The van der Waals surface area contributed by atoms with Crippen molar-refractivity contribution in [2.75, 3.05) is 0 Å². The maximum Gasteiger partial charge on any atom is 0.239 e. The molecule has 0 spiro atoms. The zero-order chi connectivity index (χ0) is 13.2. The summed E-state index contributed by atoms with van der Waals surface area (Å²) in [6.07, 6.45) is 0.171. The summed E-state index contributed by atoms with van der Waals surface area (Å²) in [5, 5.41) is 6.61. The molecular weight excluding hydrogens is 270 g/mol. The molecular formula is C12H11NO3S2. The van der Waals surface area contributed by atoms with Crippen molar-refractivity contribution in [2.24, 2.45) is 5.14 Å². The van der Waals surface area contributed by atoms with Crippen LogP contribution in [-0.2, 0) is 16.4 Å². The Morgan fingerprint density at radius 1 is 1.17 bits per heavy atom. The average Bonchev–Trinajstić information content (AvgIpc) is 2.79. The summed E-state index contributed by atoms with van der Waals surface area (Å²) >= 11 is 1.10. The van der Waals surface area contributed by atoms with Gasteiger partial charge in [-0.15, -0.1) is 11.3 Å². The number of ketones is 1. The number of hydrogen-bond donors (Lipinski definition) is 1. The van der Waals surface area contributed by atoms with Gasteiger partial charge in [0.2, 0.25) is 10.0 Å². The van der Waals surface area contributed by atoms with E-state index in [4.69, 9.17) is 5.14 Å². The lowest BCUT2D eigenvalue weighted by Crippen LogP contribution is -2.15. The second kappa shape index (κ2) is 5.01. The minimum atomic E-state index is -3.84. The van der Waals surface area contributed by atoms with Gasteiger partial charge in [0.15, 0.2) is 5.78 Å². The Bertz CT molecular complexity index is 660. The van der Waals surface area contributed by atoms with Crippen LogP contribution in [0.1, 0.15) is 15.2 Å². The fourth-order valence-electron chi connectivity index (χ4n) is 1.59. The van der Waals surface area contributed by atoms with Gasteiger partial charge in [0.25, 0.3) is 0 Å². The molecule has 18 heavy (non-hydrogen) atoms. The number of thiophene rings is 1. The van der Waals surface area contributed by atoms with Crippen molar-refractivity contribution in [2.45, 2.75) is 11.3 Å². The van der Waals surface area contributed by atoms with Gasteiger partial charge in [-0.3, -0.25) is 4.79 Å². The van der Waals surface area contributed by atoms with Gasteiger partial charge in [0.05, 0.1) is 4.88 Å². The van der Waals surface area contributed by atoms with E-state index in [0.29, 0.717) is 0 Å². The van der Waals surface area contributed by atoms with Crippen LogP contribution in [-0.4, -0.2) is 14.2 Å². The summed E-state index contributed by atoms with van der Waals surface area (Å²) in [6.45, 7) is 0. The van der Waals surface area contributed by atoms with Gasteiger partial charge in [-0.1, -0.05) is 30.3 Å². The van der Waals surface area contributed by atoms with Crippen LogP contribution < -0.4 is 5.14 Å². The highest BCUT2D eigenvalue weighted by Gasteiger charge is 2.20. The maximum atomic E-state index is 12.0. The monoisotopic (exact) mass is 281 g/mol. The predicted molar refractivity (Wildman–Crippen MR) is 70.2 cm³/mol. The molecule has 0 bridgehead atoms. The fraction of sp³-hybridized carbons (Fsp3) is 0.0833. The van der Waals surface area contributed by atoms with Crippen LogP contribution in [0, 0.1) is 0 Å². The Morgan fingerprint density at radius 2 is 1.83 bits per heavy atom. The molecule has 1 aromatic carbocycles. The van der Waals surface area contributed by atoms with Gasteiger partial charge >= 0.3 is 0 Å². The van der Waals surface area contributed by atoms with Crippen molar-refractivity contribution in [1.29, 1.82) is 0 Å². The molecule has 1 heterocycles. The maximum absolute atomic E-state index is 12.0. The number of carbonyl (C=O) groups excluding carboxylic acids is 1. The molecule has 0 unspecified atom stereocenters. The highest BCUT2D eigenvalue weighted by Crippen LogP contribution is 2.22. The predicted octanol–water partition coefficient (Wildman–Crippen LogP) is 1.82. The highest BCUT2D eigenvalue weighted by molar-refractivity contribution is 7.89. The van der Waals surface area contributed by atoms with Gasteiger partial charge < -0.3 is 0 Å². The first-order valence-electron chi connectivity index (χ1n) is 5.16. The third kappa shape index (κ3) is 2.84. The third-order valence-electron chi connectivity index (χ3n) is 2.40. The minimum Gasteiger partial charge on any atom is -0.293 e. The van der Waals surface area contributed by atoms with Crippen molar-refractivity contribution >= 4 is 27.1 Å². The second-order valence-corrected chi connectivity index (χ2v) is 6.19. The van der Waals surface area contributed by atoms with Crippen molar-refractivity contribution in [3.05, 3.63) is 52.2 Å². The van der Waals surface area contributed by atoms with Crippen LogP contribution in [0.3, 0.4) is 0 Å². The van der Waals surface area contributed by atoms with Crippen molar-refractivity contribution in [3.8, 4) is 0 Å². The largest absolute Gasteiger partial charge is 0.293 e. The van der Waals surface area contributed by atoms with Gasteiger partial charge in [-0.2, -0.15) is 0 Å². The first kappa shape index (κ1) is 12.9. The first-order valence-corrected chi connectivity index (χ1v) is 7.58. The zero-order valence-electron chi connectivity index (χ0n) is 9.37. The van der Waals surface area contributed by atoms with Crippen LogP contribution in [0.2, 0.25) is 0 Å². The number of Topliss-reactive ketones (excluding diaryl/α,β-unsaturated/α-hetero) is 1. The van der Waals surface area contributed by atoms with E-state index in [1.54, 1.807) is 5.38 Å².